The van der Waals surface area contributed by atoms with Crippen molar-refractivity contribution in [2.75, 3.05) is 24.0 Å². The van der Waals surface area contributed by atoms with Crippen LogP contribution in [0.3, 0.4) is 0 Å². The lowest BCUT2D eigenvalue weighted by Gasteiger charge is -2.50. The molecule has 3 N–H and O–H groups in total. The van der Waals surface area contributed by atoms with Gasteiger partial charge in [-0.05, 0) is 54.1 Å². The van der Waals surface area contributed by atoms with Gasteiger partial charge in [0.1, 0.15) is 5.69 Å². The third-order valence-electron chi connectivity index (χ3n) is 10.5. The number of methoxy groups -OCH3 is 2. The van der Waals surface area contributed by atoms with Crippen molar-refractivity contribution in [2.45, 2.75) is 28.5 Å². The number of ether oxygens (including phenoxy) is 2. The van der Waals surface area contributed by atoms with Crippen molar-refractivity contribution in [1.82, 2.24) is 0 Å². The molecule has 2 aliphatic heterocycles. The molecule has 6 unspecified atom stereocenters. The summed E-state index contributed by atoms with van der Waals surface area (Å²) in [4.78, 5) is 52.0. The number of benzene rings is 3. The molecule has 0 spiro atoms. The van der Waals surface area contributed by atoms with Crippen LogP contribution in [0.4, 0.5) is 33.3 Å². The van der Waals surface area contributed by atoms with E-state index in [4.69, 9.17) is 32.7 Å². The number of aromatic hydroxyl groups is 1. The number of hydrogen-bond acceptors (Lipinski definition) is 9. The van der Waals surface area contributed by atoms with Gasteiger partial charge in [0, 0.05) is 5.92 Å². The molecule has 53 heavy (non-hydrogen) atoms. The van der Waals surface area contributed by atoms with Crippen LogP contribution < -0.4 is 24.7 Å². The standard InChI is InChI=1S/C34H24BCl2F5N2O9/c1-52-18-8-12(9-19(53-2)28(18)45)21-15-6-7-16-20(30(47)43(29(16)46)14-5-3-4-13(10-14)35(50)51)17(15)11-33(36)31(48)44(32(49)34(21,33)37)27-25(41)23(39)22(38)24(40)26(27)42/h3-6,8-10,16-17,20-21,45,50-51H,7,11H2,1-2H3. The molecular weight excluding hydrogens is 757 g/mol. The highest BCUT2D eigenvalue weighted by atomic mass is 35.5. The maximum absolute atomic E-state index is 15.3. The number of carbonyl (C=O) groups excluding carboxylic acids is 4. The van der Waals surface area contributed by atoms with Crippen LogP contribution in [0.25, 0.3) is 0 Å². The van der Waals surface area contributed by atoms with E-state index in [0.717, 1.165) is 4.90 Å². The highest BCUT2D eigenvalue weighted by Crippen LogP contribution is 2.66. The Labute approximate surface area is 306 Å². The second-order valence-corrected chi connectivity index (χ2v) is 14.2. The molecule has 276 valence electrons. The van der Waals surface area contributed by atoms with Crippen molar-refractivity contribution in [2.24, 2.45) is 17.8 Å². The Morgan fingerprint density at radius 3 is 1.96 bits per heavy atom. The number of amides is 4. The van der Waals surface area contributed by atoms with E-state index in [-0.39, 0.29) is 45.1 Å². The summed E-state index contributed by atoms with van der Waals surface area (Å²) >= 11 is 14.3. The number of imide groups is 2. The van der Waals surface area contributed by atoms with Gasteiger partial charge in [0.05, 0.1) is 31.7 Å². The van der Waals surface area contributed by atoms with E-state index >= 15 is 8.78 Å². The Balaban J connectivity index is 1.45. The average Bonchev–Trinajstić information content (AvgIpc) is 3.48. The number of fused-ring (bicyclic) bond motifs is 4. The lowest BCUT2D eigenvalue weighted by molar-refractivity contribution is -0.125. The molecule has 0 aromatic heterocycles. The second-order valence-electron chi connectivity index (χ2n) is 12.9. The molecule has 19 heteroatoms. The molecule has 11 nitrogen and oxygen atoms in total. The maximum atomic E-state index is 15.3. The van der Waals surface area contributed by atoms with Crippen LogP contribution in [0.15, 0.2) is 48.0 Å². The summed E-state index contributed by atoms with van der Waals surface area (Å²) in [6.45, 7) is 0. The summed E-state index contributed by atoms with van der Waals surface area (Å²) in [5, 5.41) is 30.1. The van der Waals surface area contributed by atoms with Crippen molar-refractivity contribution < 1.29 is 65.8 Å². The van der Waals surface area contributed by atoms with E-state index < -0.39 is 111 Å². The molecule has 0 radical (unpaired) electrons. The Morgan fingerprint density at radius 1 is 0.811 bits per heavy atom. The minimum atomic E-state index is -2.81. The van der Waals surface area contributed by atoms with Crippen LogP contribution in [0.1, 0.15) is 24.3 Å². The molecule has 2 heterocycles. The minimum absolute atomic E-state index is 0.0150. The summed E-state index contributed by atoms with van der Waals surface area (Å²) in [6.07, 6.45) is 0.603. The first-order valence-corrected chi connectivity index (χ1v) is 16.5. The number of carbonyl (C=O) groups is 4. The third kappa shape index (κ3) is 4.79. The van der Waals surface area contributed by atoms with Crippen LogP contribution >= 0.6 is 23.2 Å². The molecule has 3 aromatic rings. The van der Waals surface area contributed by atoms with Crippen molar-refractivity contribution >= 4 is 70.8 Å². The molecule has 6 atom stereocenters. The zero-order valence-electron chi connectivity index (χ0n) is 27.2. The van der Waals surface area contributed by atoms with E-state index in [1.807, 2.05) is 0 Å². The van der Waals surface area contributed by atoms with Crippen molar-refractivity contribution in [3.05, 3.63) is 82.7 Å². The lowest BCUT2D eigenvalue weighted by atomic mass is 9.56. The fraction of sp³-hybridized carbons (Fsp3) is 0.294. The number of alkyl halides is 2. The van der Waals surface area contributed by atoms with Crippen molar-refractivity contribution in [1.29, 1.82) is 0 Å². The van der Waals surface area contributed by atoms with E-state index in [1.54, 1.807) is 0 Å². The monoisotopic (exact) mass is 780 g/mol. The number of rotatable bonds is 6. The van der Waals surface area contributed by atoms with Crippen LogP contribution in [0.5, 0.6) is 17.2 Å². The van der Waals surface area contributed by atoms with E-state index in [9.17, 15) is 47.5 Å². The summed E-state index contributed by atoms with van der Waals surface area (Å²) in [5.74, 6) is -23.7. The third-order valence-corrected chi connectivity index (χ3v) is 11.9. The lowest BCUT2D eigenvalue weighted by Crippen LogP contribution is -2.60. The number of nitrogens with zero attached hydrogens (tertiary/aromatic N) is 2. The minimum Gasteiger partial charge on any atom is -0.502 e. The molecule has 4 aliphatic rings. The van der Waals surface area contributed by atoms with Crippen LogP contribution in [-0.4, -0.2) is 69.9 Å². The van der Waals surface area contributed by atoms with Gasteiger partial charge in [-0.25, -0.2) is 26.9 Å². The molecule has 1 saturated carbocycles. The molecule has 3 fully saturated rings. The fourth-order valence-corrected chi connectivity index (χ4v) is 9.04. The predicted octanol–water partition coefficient (Wildman–Crippen LogP) is 3.55. The molecule has 2 aliphatic carbocycles. The van der Waals surface area contributed by atoms with Gasteiger partial charge in [0.25, 0.3) is 11.8 Å². The quantitative estimate of drug-likeness (QED) is 0.0649. The first kappa shape index (κ1) is 36.6. The molecule has 7 rings (SSSR count). The fourth-order valence-electron chi connectivity index (χ4n) is 8.10. The van der Waals surface area contributed by atoms with Gasteiger partial charge in [-0.3, -0.25) is 24.1 Å². The van der Waals surface area contributed by atoms with Crippen LogP contribution in [0.2, 0.25) is 0 Å². The zero-order valence-corrected chi connectivity index (χ0v) is 28.7. The molecule has 3 aromatic carbocycles. The van der Waals surface area contributed by atoms with Crippen LogP contribution in [0, 0.1) is 46.8 Å². The summed E-state index contributed by atoms with van der Waals surface area (Å²) < 4.78 is 84.2. The predicted molar refractivity (Wildman–Crippen MR) is 176 cm³/mol. The van der Waals surface area contributed by atoms with Gasteiger partial charge in [-0.15, -0.1) is 23.2 Å². The number of allylic oxidation sites excluding steroid dienone is 2. The first-order valence-electron chi connectivity index (χ1n) is 15.7. The summed E-state index contributed by atoms with van der Waals surface area (Å²) in [7, 11) is 0.397. The van der Waals surface area contributed by atoms with Crippen molar-refractivity contribution in [3.8, 4) is 17.2 Å². The SMILES string of the molecule is COc1cc(C2C3=CCC4C(=O)N(c5cccc(B(O)O)c5)C(=O)C4C3CC3(Cl)C(=O)N(c4c(F)c(F)c(F)c(F)c4F)C(=O)C23Cl)cc(OC)c1O. The largest absolute Gasteiger partial charge is 0.502 e. The molecule has 0 bridgehead atoms. The highest BCUT2D eigenvalue weighted by molar-refractivity contribution is 6.59. The number of anilines is 2. The Bertz CT molecular complexity index is 2160. The van der Waals surface area contributed by atoms with E-state index in [0.29, 0.717) is 0 Å². The highest BCUT2D eigenvalue weighted by Gasteiger charge is 2.77. The van der Waals surface area contributed by atoms with Gasteiger partial charge in [-0.1, -0.05) is 23.8 Å². The maximum Gasteiger partial charge on any atom is 0.488 e. The van der Waals surface area contributed by atoms with Gasteiger partial charge in [-0.2, -0.15) is 0 Å². The zero-order chi connectivity index (χ0) is 38.6. The molecular formula is C34H24BCl2F5N2O9. The topological polar surface area (TPSA) is 154 Å². The van der Waals surface area contributed by atoms with Gasteiger partial charge in [0.2, 0.25) is 23.4 Å². The van der Waals surface area contributed by atoms with Gasteiger partial charge in [0.15, 0.2) is 44.5 Å². The molecule has 4 amide bonds. The number of halogens is 7. The van der Waals surface area contributed by atoms with E-state index in [2.05, 4.69) is 0 Å². The van der Waals surface area contributed by atoms with Gasteiger partial charge >= 0.3 is 7.12 Å². The second kappa shape index (κ2) is 12.4. The summed E-state index contributed by atoms with van der Waals surface area (Å²) in [5.41, 5.74) is -1.89. The Hall–Kier alpha value is -4.71. The number of hydrogen-bond donors (Lipinski definition) is 3. The van der Waals surface area contributed by atoms with E-state index in [1.165, 1.54) is 56.7 Å². The molecule has 2 saturated heterocycles. The summed E-state index contributed by atoms with van der Waals surface area (Å²) in [6, 6.07) is 7.69. The number of phenolic OH excluding ortho intramolecular Hbond substituents is 1. The average molecular weight is 781 g/mol. The Kier molecular flexibility index (Phi) is 8.60. The normalized spacial score (nSPS) is 27.8. The van der Waals surface area contributed by atoms with Crippen LogP contribution in [-0.2, 0) is 19.2 Å². The van der Waals surface area contributed by atoms with Gasteiger partial charge < -0.3 is 24.6 Å². The number of phenols is 1. The Morgan fingerprint density at radius 2 is 1.40 bits per heavy atom. The smallest absolute Gasteiger partial charge is 0.488 e. The van der Waals surface area contributed by atoms with Crippen molar-refractivity contribution in [3.63, 3.8) is 0 Å². The first-order chi connectivity index (χ1) is 25.0.